The Labute approximate surface area is 136 Å². The molecule has 126 valence electrons. The van der Waals surface area contributed by atoms with Gasteiger partial charge in [0.15, 0.2) is 0 Å². The second kappa shape index (κ2) is 8.09. The Morgan fingerprint density at radius 1 is 1.09 bits per heavy atom. The molecule has 1 aliphatic carbocycles. The van der Waals surface area contributed by atoms with Gasteiger partial charge in [0.25, 0.3) is 0 Å². The fraction of sp³-hybridized carbons (Fsp3) is 0.556. The maximum atomic E-state index is 13.5. The largest absolute Gasteiger partial charge is 0.355 e. The van der Waals surface area contributed by atoms with E-state index >= 15 is 0 Å². The van der Waals surface area contributed by atoms with Crippen LogP contribution in [0.2, 0.25) is 0 Å². The zero-order valence-electron chi connectivity index (χ0n) is 13.7. The van der Waals surface area contributed by atoms with Gasteiger partial charge >= 0.3 is 0 Å². The molecule has 0 aromatic heterocycles. The molecule has 1 aromatic rings. The summed E-state index contributed by atoms with van der Waals surface area (Å²) in [6.07, 6.45) is 4.72. The van der Waals surface area contributed by atoms with Crippen molar-refractivity contribution < 1.29 is 14.0 Å². The van der Waals surface area contributed by atoms with Gasteiger partial charge in [0.05, 0.1) is 0 Å². The van der Waals surface area contributed by atoms with Gasteiger partial charge in [0, 0.05) is 13.1 Å². The second-order valence-electron chi connectivity index (χ2n) is 6.14. The van der Waals surface area contributed by atoms with Gasteiger partial charge in [-0.25, -0.2) is 4.39 Å². The minimum absolute atomic E-state index is 0.169. The van der Waals surface area contributed by atoms with Crippen molar-refractivity contribution in [1.29, 1.82) is 0 Å². The van der Waals surface area contributed by atoms with Gasteiger partial charge in [-0.05, 0) is 37.3 Å². The number of nitrogens with one attached hydrogen (secondary N) is 2. The number of carbonyl (C=O) groups excluding carboxylic acids is 2. The fourth-order valence-electron chi connectivity index (χ4n) is 2.61. The van der Waals surface area contributed by atoms with Gasteiger partial charge in [-0.2, -0.15) is 0 Å². The predicted octanol–water partition coefficient (Wildman–Crippen LogP) is 2.57. The summed E-state index contributed by atoms with van der Waals surface area (Å²) in [5, 5.41) is 5.64. The summed E-state index contributed by atoms with van der Waals surface area (Å²) in [6, 6.07) is 6.52. The Morgan fingerprint density at radius 2 is 1.74 bits per heavy atom. The first kappa shape index (κ1) is 17.4. The first-order valence-electron chi connectivity index (χ1n) is 8.40. The summed E-state index contributed by atoms with van der Waals surface area (Å²) in [5.74, 6) is -0.671. The third kappa shape index (κ3) is 4.53. The molecule has 1 fully saturated rings. The Kier molecular flexibility index (Phi) is 6.13. The highest BCUT2D eigenvalue weighted by atomic mass is 19.1. The van der Waals surface area contributed by atoms with Crippen molar-refractivity contribution in [2.45, 2.75) is 45.4 Å². The van der Waals surface area contributed by atoms with Crippen molar-refractivity contribution in [2.24, 2.45) is 5.41 Å². The van der Waals surface area contributed by atoms with E-state index in [0.29, 0.717) is 37.9 Å². The van der Waals surface area contributed by atoms with E-state index in [1.54, 1.807) is 18.2 Å². The van der Waals surface area contributed by atoms with Gasteiger partial charge in [-0.1, -0.05) is 38.0 Å². The highest BCUT2D eigenvalue weighted by Crippen LogP contribution is 2.46. The Bertz CT molecular complexity index is 556. The molecule has 2 amide bonds. The number of carbonyl (C=O) groups is 2. The molecule has 0 atom stereocenters. The molecule has 1 aliphatic rings. The number of amides is 2. The van der Waals surface area contributed by atoms with Crippen molar-refractivity contribution in [3.05, 3.63) is 35.6 Å². The third-order valence-electron chi connectivity index (χ3n) is 4.32. The van der Waals surface area contributed by atoms with E-state index in [-0.39, 0.29) is 17.6 Å². The van der Waals surface area contributed by atoms with E-state index in [4.69, 9.17) is 0 Å². The Morgan fingerprint density at radius 3 is 2.35 bits per heavy atom. The van der Waals surface area contributed by atoms with E-state index in [0.717, 1.165) is 19.3 Å². The molecule has 5 heteroatoms. The lowest BCUT2D eigenvalue weighted by Gasteiger charge is -2.15. The summed E-state index contributed by atoms with van der Waals surface area (Å²) in [4.78, 5) is 24.5. The lowest BCUT2D eigenvalue weighted by atomic mass is 10.0. The van der Waals surface area contributed by atoms with Crippen LogP contribution >= 0.6 is 0 Å². The molecule has 1 aromatic carbocycles. The zero-order chi connectivity index (χ0) is 16.7. The normalized spacial score (nSPS) is 15.0. The molecule has 0 spiro atoms. The summed E-state index contributed by atoms with van der Waals surface area (Å²) in [6.45, 7) is 3.06. The molecule has 0 unspecified atom stereocenters. The van der Waals surface area contributed by atoms with Crippen molar-refractivity contribution in [2.75, 3.05) is 13.1 Å². The minimum atomic E-state index is -0.887. The van der Waals surface area contributed by atoms with Crippen LogP contribution in [0.3, 0.4) is 0 Å². The molecule has 0 saturated heterocycles. The minimum Gasteiger partial charge on any atom is -0.355 e. The number of rotatable bonds is 9. The standard InChI is InChI=1S/C18H25FN2O2/c1-2-3-6-12-20-16(22)18(10-11-18)17(23)21-13-9-14-7-4-5-8-15(14)19/h4-5,7-8H,2-3,6,9-13H2,1H3,(H,20,22)(H,21,23). The van der Waals surface area contributed by atoms with Gasteiger partial charge in [0.1, 0.15) is 11.2 Å². The van der Waals surface area contributed by atoms with E-state index in [1.165, 1.54) is 6.07 Å². The molecule has 4 nitrogen and oxygen atoms in total. The smallest absolute Gasteiger partial charge is 0.235 e. The first-order valence-corrected chi connectivity index (χ1v) is 8.40. The summed E-state index contributed by atoms with van der Waals surface area (Å²) in [5.41, 5.74) is -0.316. The topological polar surface area (TPSA) is 58.2 Å². The average molecular weight is 320 g/mol. The number of unbranched alkanes of at least 4 members (excludes halogenated alkanes) is 2. The van der Waals surface area contributed by atoms with Crippen LogP contribution in [0, 0.1) is 11.2 Å². The highest BCUT2D eigenvalue weighted by Gasteiger charge is 2.56. The number of halogens is 1. The van der Waals surface area contributed by atoms with Crippen molar-refractivity contribution in [3.63, 3.8) is 0 Å². The molecule has 0 heterocycles. The van der Waals surface area contributed by atoms with Crippen molar-refractivity contribution in [3.8, 4) is 0 Å². The van der Waals surface area contributed by atoms with Crippen LogP contribution < -0.4 is 10.6 Å². The molecule has 0 bridgehead atoms. The van der Waals surface area contributed by atoms with Gasteiger partial charge in [-0.15, -0.1) is 0 Å². The summed E-state index contributed by atoms with van der Waals surface area (Å²) in [7, 11) is 0. The SMILES string of the molecule is CCCCCNC(=O)C1(C(=O)NCCc2ccccc2F)CC1. The third-order valence-corrected chi connectivity index (χ3v) is 4.32. The van der Waals surface area contributed by atoms with Crippen molar-refractivity contribution in [1.82, 2.24) is 10.6 Å². The second-order valence-corrected chi connectivity index (χ2v) is 6.14. The summed E-state index contributed by atoms with van der Waals surface area (Å²) < 4.78 is 13.5. The number of benzene rings is 1. The van der Waals surface area contributed by atoms with Gasteiger partial charge in [-0.3, -0.25) is 9.59 Å². The van der Waals surface area contributed by atoms with E-state index in [1.807, 2.05) is 0 Å². The average Bonchev–Trinajstić information content (AvgIpc) is 3.35. The predicted molar refractivity (Wildman–Crippen MR) is 87.3 cm³/mol. The van der Waals surface area contributed by atoms with Crippen LogP contribution in [-0.4, -0.2) is 24.9 Å². The lowest BCUT2D eigenvalue weighted by molar-refractivity contribution is -0.137. The molecule has 0 aliphatic heterocycles. The van der Waals surface area contributed by atoms with Gasteiger partial charge in [0.2, 0.25) is 11.8 Å². The van der Waals surface area contributed by atoms with Crippen LogP contribution in [0.1, 0.15) is 44.6 Å². The van der Waals surface area contributed by atoms with Crippen LogP contribution in [-0.2, 0) is 16.0 Å². The van der Waals surface area contributed by atoms with E-state index in [2.05, 4.69) is 17.6 Å². The monoisotopic (exact) mass is 320 g/mol. The van der Waals surface area contributed by atoms with Crippen molar-refractivity contribution >= 4 is 11.8 Å². The van der Waals surface area contributed by atoms with E-state index in [9.17, 15) is 14.0 Å². The number of hydrogen-bond acceptors (Lipinski definition) is 2. The molecule has 2 rings (SSSR count). The number of hydrogen-bond donors (Lipinski definition) is 2. The van der Waals surface area contributed by atoms with Crippen LogP contribution in [0.4, 0.5) is 4.39 Å². The maximum absolute atomic E-state index is 13.5. The summed E-state index contributed by atoms with van der Waals surface area (Å²) >= 11 is 0. The molecule has 1 saturated carbocycles. The van der Waals surface area contributed by atoms with Crippen LogP contribution in [0.25, 0.3) is 0 Å². The molecular formula is C18H25FN2O2. The van der Waals surface area contributed by atoms with E-state index < -0.39 is 5.41 Å². The molecular weight excluding hydrogens is 295 g/mol. The van der Waals surface area contributed by atoms with Crippen LogP contribution in [0.5, 0.6) is 0 Å². The molecule has 23 heavy (non-hydrogen) atoms. The highest BCUT2D eigenvalue weighted by molar-refractivity contribution is 6.07. The van der Waals surface area contributed by atoms with Crippen LogP contribution in [0.15, 0.2) is 24.3 Å². The zero-order valence-corrected chi connectivity index (χ0v) is 13.7. The quantitative estimate of drug-likeness (QED) is 0.543. The first-order chi connectivity index (χ1) is 11.1. The lowest BCUT2D eigenvalue weighted by Crippen LogP contribution is -2.43. The Balaban J connectivity index is 1.76. The maximum Gasteiger partial charge on any atom is 0.235 e. The molecule has 2 N–H and O–H groups in total. The fourth-order valence-corrected chi connectivity index (χ4v) is 2.61. The Hall–Kier alpha value is -1.91. The van der Waals surface area contributed by atoms with Gasteiger partial charge < -0.3 is 10.6 Å². The molecule has 0 radical (unpaired) electrons.